The van der Waals surface area contributed by atoms with Gasteiger partial charge in [-0.3, -0.25) is 9.59 Å². The molecule has 0 spiro atoms. The topological polar surface area (TPSA) is 61.9 Å². The lowest BCUT2D eigenvalue weighted by atomic mass is 9.88. The van der Waals surface area contributed by atoms with Crippen LogP contribution in [0.2, 0.25) is 0 Å². The predicted molar refractivity (Wildman–Crippen MR) is 91.0 cm³/mol. The number of ether oxygens (including phenoxy) is 1. The molecule has 3 rings (SSSR count). The second kappa shape index (κ2) is 7.21. The van der Waals surface area contributed by atoms with Crippen molar-refractivity contribution in [3.05, 3.63) is 29.8 Å². The van der Waals surface area contributed by atoms with Crippen molar-refractivity contribution >= 4 is 11.8 Å². The molecule has 2 heterocycles. The lowest BCUT2D eigenvalue weighted by Crippen LogP contribution is -2.55. The number of rotatable bonds is 4. The van der Waals surface area contributed by atoms with E-state index >= 15 is 0 Å². The molecule has 2 saturated heterocycles. The third-order valence-electron chi connectivity index (χ3n) is 5.13. The second-order valence-electron chi connectivity index (χ2n) is 6.55. The SMILES string of the molecule is COc1ccc(C(=O)N2CCN(C(=O)C(C)C3CNC3)CC2)cc1. The van der Waals surface area contributed by atoms with Gasteiger partial charge < -0.3 is 19.9 Å². The summed E-state index contributed by atoms with van der Waals surface area (Å²) in [6.07, 6.45) is 0. The summed E-state index contributed by atoms with van der Waals surface area (Å²) in [5.41, 5.74) is 0.657. The molecule has 24 heavy (non-hydrogen) atoms. The van der Waals surface area contributed by atoms with Gasteiger partial charge in [-0.15, -0.1) is 0 Å². The number of methoxy groups -OCH3 is 1. The van der Waals surface area contributed by atoms with E-state index < -0.39 is 0 Å². The van der Waals surface area contributed by atoms with Crippen LogP contribution in [0.4, 0.5) is 0 Å². The van der Waals surface area contributed by atoms with Gasteiger partial charge in [-0.05, 0) is 43.3 Å². The maximum absolute atomic E-state index is 12.5. The summed E-state index contributed by atoms with van der Waals surface area (Å²) in [7, 11) is 1.60. The Kier molecular flexibility index (Phi) is 5.04. The van der Waals surface area contributed by atoms with Crippen molar-refractivity contribution in [2.75, 3.05) is 46.4 Å². The smallest absolute Gasteiger partial charge is 0.253 e. The third-order valence-corrected chi connectivity index (χ3v) is 5.13. The first kappa shape index (κ1) is 16.8. The van der Waals surface area contributed by atoms with E-state index in [0.29, 0.717) is 37.7 Å². The average Bonchev–Trinajstić information content (AvgIpc) is 2.59. The van der Waals surface area contributed by atoms with Gasteiger partial charge in [0.2, 0.25) is 5.91 Å². The molecule has 1 aromatic rings. The Morgan fingerprint density at radius 2 is 1.67 bits per heavy atom. The zero-order valence-electron chi connectivity index (χ0n) is 14.3. The number of hydrogen-bond acceptors (Lipinski definition) is 4. The monoisotopic (exact) mass is 331 g/mol. The average molecular weight is 331 g/mol. The van der Waals surface area contributed by atoms with Crippen LogP contribution in [0.15, 0.2) is 24.3 Å². The molecule has 0 aromatic heterocycles. The molecule has 0 bridgehead atoms. The highest BCUT2D eigenvalue weighted by Crippen LogP contribution is 2.20. The summed E-state index contributed by atoms with van der Waals surface area (Å²) in [4.78, 5) is 28.8. The lowest BCUT2D eigenvalue weighted by molar-refractivity contribution is -0.138. The Morgan fingerprint density at radius 1 is 1.08 bits per heavy atom. The van der Waals surface area contributed by atoms with Crippen molar-refractivity contribution < 1.29 is 14.3 Å². The summed E-state index contributed by atoms with van der Waals surface area (Å²) in [6, 6.07) is 7.15. The first-order valence-electron chi connectivity index (χ1n) is 8.53. The minimum absolute atomic E-state index is 0.0148. The number of piperazine rings is 1. The summed E-state index contributed by atoms with van der Waals surface area (Å²) in [6.45, 7) is 6.29. The van der Waals surface area contributed by atoms with Crippen molar-refractivity contribution in [1.29, 1.82) is 0 Å². The highest BCUT2D eigenvalue weighted by Gasteiger charge is 2.33. The van der Waals surface area contributed by atoms with Gasteiger partial charge in [0, 0.05) is 37.7 Å². The molecule has 0 radical (unpaired) electrons. The molecule has 1 aromatic carbocycles. The van der Waals surface area contributed by atoms with E-state index in [1.807, 2.05) is 16.7 Å². The van der Waals surface area contributed by atoms with E-state index in [-0.39, 0.29) is 17.7 Å². The standard InChI is InChI=1S/C18H25N3O3/c1-13(15-11-19-12-15)17(22)20-7-9-21(10-8-20)18(23)14-3-5-16(24-2)6-4-14/h3-6,13,15,19H,7-12H2,1-2H3. The molecule has 2 aliphatic heterocycles. The molecule has 6 heteroatoms. The van der Waals surface area contributed by atoms with Crippen LogP contribution in [0.3, 0.4) is 0 Å². The molecule has 1 unspecified atom stereocenters. The zero-order valence-corrected chi connectivity index (χ0v) is 14.3. The summed E-state index contributed by atoms with van der Waals surface area (Å²) >= 11 is 0. The molecule has 2 amide bonds. The van der Waals surface area contributed by atoms with Gasteiger partial charge in [0.25, 0.3) is 5.91 Å². The van der Waals surface area contributed by atoms with Gasteiger partial charge in [0.1, 0.15) is 5.75 Å². The van der Waals surface area contributed by atoms with Gasteiger partial charge >= 0.3 is 0 Å². The van der Waals surface area contributed by atoms with Crippen LogP contribution in [-0.2, 0) is 4.79 Å². The number of nitrogens with one attached hydrogen (secondary N) is 1. The number of carbonyl (C=O) groups is 2. The zero-order chi connectivity index (χ0) is 17.1. The molecular formula is C18H25N3O3. The molecule has 0 saturated carbocycles. The minimum Gasteiger partial charge on any atom is -0.497 e. The van der Waals surface area contributed by atoms with Crippen LogP contribution in [0, 0.1) is 11.8 Å². The quantitative estimate of drug-likeness (QED) is 0.888. The highest BCUT2D eigenvalue weighted by atomic mass is 16.5. The van der Waals surface area contributed by atoms with Gasteiger partial charge in [-0.1, -0.05) is 6.92 Å². The molecular weight excluding hydrogens is 306 g/mol. The molecule has 130 valence electrons. The van der Waals surface area contributed by atoms with Gasteiger partial charge in [-0.2, -0.15) is 0 Å². The third kappa shape index (κ3) is 3.38. The van der Waals surface area contributed by atoms with E-state index in [1.54, 1.807) is 31.4 Å². The Labute approximate surface area is 142 Å². The van der Waals surface area contributed by atoms with E-state index in [2.05, 4.69) is 5.32 Å². The molecule has 2 fully saturated rings. The number of hydrogen-bond donors (Lipinski definition) is 1. The van der Waals surface area contributed by atoms with Gasteiger partial charge in [0.05, 0.1) is 7.11 Å². The van der Waals surface area contributed by atoms with Crippen LogP contribution in [-0.4, -0.2) is 68.0 Å². The number of benzene rings is 1. The summed E-state index contributed by atoms with van der Waals surface area (Å²) in [5, 5.41) is 3.22. The van der Waals surface area contributed by atoms with Crippen LogP contribution in [0.5, 0.6) is 5.75 Å². The lowest BCUT2D eigenvalue weighted by Gasteiger charge is -2.39. The Bertz CT molecular complexity index is 590. The van der Waals surface area contributed by atoms with Crippen molar-refractivity contribution in [2.24, 2.45) is 11.8 Å². The van der Waals surface area contributed by atoms with Crippen LogP contribution >= 0.6 is 0 Å². The first-order valence-corrected chi connectivity index (χ1v) is 8.53. The Morgan fingerprint density at radius 3 is 2.17 bits per heavy atom. The van der Waals surface area contributed by atoms with Crippen molar-refractivity contribution in [3.63, 3.8) is 0 Å². The summed E-state index contributed by atoms with van der Waals surface area (Å²) in [5.74, 6) is 1.49. The molecule has 0 aliphatic carbocycles. The van der Waals surface area contributed by atoms with E-state index in [4.69, 9.17) is 4.74 Å². The second-order valence-corrected chi connectivity index (χ2v) is 6.55. The van der Waals surface area contributed by atoms with Crippen molar-refractivity contribution in [3.8, 4) is 5.75 Å². The predicted octanol–water partition coefficient (Wildman–Crippen LogP) is 0.835. The van der Waals surface area contributed by atoms with E-state index in [1.165, 1.54) is 0 Å². The fourth-order valence-corrected chi connectivity index (χ4v) is 3.20. The first-order chi connectivity index (χ1) is 11.6. The highest BCUT2D eigenvalue weighted by molar-refractivity contribution is 5.94. The molecule has 1 N–H and O–H groups in total. The fourth-order valence-electron chi connectivity index (χ4n) is 3.20. The van der Waals surface area contributed by atoms with Gasteiger partial charge in [-0.25, -0.2) is 0 Å². The van der Waals surface area contributed by atoms with E-state index in [9.17, 15) is 9.59 Å². The van der Waals surface area contributed by atoms with Gasteiger partial charge in [0.15, 0.2) is 0 Å². The minimum atomic E-state index is 0.0148. The van der Waals surface area contributed by atoms with E-state index in [0.717, 1.165) is 18.8 Å². The summed E-state index contributed by atoms with van der Waals surface area (Å²) < 4.78 is 5.12. The normalized spacial score (nSPS) is 19.6. The maximum Gasteiger partial charge on any atom is 0.253 e. The number of amides is 2. The van der Waals surface area contributed by atoms with Crippen molar-refractivity contribution in [2.45, 2.75) is 6.92 Å². The molecule has 6 nitrogen and oxygen atoms in total. The van der Waals surface area contributed by atoms with Crippen LogP contribution in [0.25, 0.3) is 0 Å². The molecule has 2 aliphatic rings. The maximum atomic E-state index is 12.5. The van der Waals surface area contributed by atoms with Crippen LogP contribution in [0.1, 0.15) is 17.3 Å². The largest absolute Gasteiger partial charge is 0.497 e. The number of carbonyl (C=O) groups excluding carboxylic acids is 2. The fraction of sp³-hybridized carbons (Fsp3) is 0.556. The Balaban J connectivity index is 1.53. The van der Waals surface area contributed by atoms with Crippen LogP contribution < -0.4 is 10.1 Å². The molecule has 1 atom stereocenters. The van der Waals surface area contributed by atoms with Crippen molar-refractivity contribution in [1.82, 2.24) is 15.1 Å². The number of nitrogens with zero attached hydrogens (tertiary/aromatic N) is 2. The Hall–Kier alpha value is -2.08.